The minimum atomic E-state index is 0.366. The third-order valence-corrected chi connectivity index (χ3v) is 4.94. The van der Waals surface area contributed by atoms with E-state index in [2.05, 4.69) is 30.6 Å². The second-order valence-electron chi connectivity index (χ2n) is 7.41. The summed E-state index contributed by atoms with van der Waals surface area (Å²) < 4.78 is 0. The summed E-state index contributed by atoms with van der Waals surface area (Å²) >= 11 is 0. The summed E-state index contributed by atoms with van der Waals surface area (Å²) in [6, 6.07) is 0. The monoisotopic (exact) mass is 310 g/mol. The number of hydrogen-bond donors (Lipinski definition) is 0. The minimum absolute atomic E-state index is 0.366. The second kappa shape index (κ2) is 10.3. The minimum Gasteiger partial charge on any atom is -0.343 e. The molecule has 3 nitrogen and oxygen atoms in total. The van der Waals surface area contributed by atoms with Gasteiger partial charge in [-0.3, -0.25) is 4.79 Å². The zero-order valence-corrected chi connectivity index (χ0v) is 15.6. The molecule has 0 aromatic rings. The molecule has 3 heteroatoms. The number of rotatable bonds is 4. The zero-order valence-electron chi connectivity index (χ0n) is 15.6. The summed E-state index contributed by atoms with van der Waals surface area (Å²) in [4.78, 5) is 16.8. The molecule has 0 bridgehead atoms. The smallest absolute Gasteiger partial charge is 0.222 e. The molecule has 0 aromatic carbocycles. The SMILES string of the molecule is CC.CC(C)CC(=O)N1CCC(CN2CCC(C)CC2)CC1. The summed E-state index contributed by atoms with van der Waals surface area (Å²) in [5.41, 5.74) is 0. The highest BCUT2D eigenvalue weighted by atomic mass is 16.2. The molecule has 0 aromatic heterocycles. The highest BCUT2D eigenvalue weighted by Crippen LogP contribution is 2.23. The number of likely N-dealkylation sites (tertiary alicyclic amines) is 2. The molecule has 2 heterocycles. The molecular weight excluding hydrogens is 272 g/mol. The van der Waals surface area contributed by atoms with Gasteiger partial charge in [-0.05, 0) is 56.5 Å². The van der Waals surface area contributed by atoms with Crippen LogP contribution < -0.4 is 0 Å². The molecule has 22 heavy (non-hydrogen) atoms. The fourth-order valence-electron chi connectivity index (χ4n) is 3.45. The Labute approximate surface area is 138 Å². The van der Waals surface area contributed by atoms with Crippen LogP contribution in [-0.2, 0) is 4.79 Å². The summed E-state index contributed by atoms with van der Waals surface area (Å²) in [5, 5.41) is 0. The lowest BCUT2D eigenvalue weighted by molar-refractivity contribution is -0.133. The van der Waals surface area contributed by atoms with Gasteiger partial charge < -0.3 is 9.80 Å². The maximum Gasteiger partial charge on any atom is 0.222 e. The van der Waals surface area contributed by atoms with Crippen molar-refractivity contribution < 1.29 is 4.79 Å². The largest absolute Gasteiger partial charge is 0.343 e. The van der Waals surface area contributed by atoms with Gasteiger partial charge in [0.15, 0.2) is 0 Å². The van der Waals surface area contributed by atoms with Gasteiger partial charge in [-0.1, -0.05) is 34.6 Å². The van der Waals surface area contributed by atoms with Gasteiger partial charge >= 0.3 is 0 Å². The second-order valence-corrected chi connectivity index (χ2v) is 7.41. The standard InChI is InChI=1S/C17H32N2O.C2H6/c1-14(2)12-17(20)19-10-6-16(7-11-19)13-18-8-4-15(3)5-9-18;1-2/h14-16H,4-13H2,1-3H3;1-2H3. The molecule has 0 radical (unpaired) electrons. The molecule has 0 atom stereocenters. The van der Waals surface area contributed by atoms with Gasteiger partial charge in [0, 0.05) is 26.1 Å². The fourth-order valence-corrected chi connectivity index (χ4v) is 3.45. The normalized spacial score (nSPS) is 21.6. The van der Waals surface area contributed by atoms with Gasteiger partial charge in [0.2, 0.25) is 5.91 Å². The van der Waals surface area contributed by atoms with Crippen LogP contribution in [0.1, 0.15) is 66.7 Å². The first-order chi connectivity index (χ1) is 10.5. The molecule has 2 rings (SSSR count). The summed E-state index contributed by atoms with van der Waals surface area (Å²) in [7, 11) is 0. The van der Waals surface area contributed by atoms with E-state index in [0.29, 0.717) is 18.2 Å². The van der Waals surface area contributed by atoms with Crippen LogP contribution in [0.3, 0.4) is 0 Å². The summed E-state index contributed by atoms with van der Waals surface area (Å²) in [6.45, 7) is 16.4. The van der Waals surface area contributed by atoms with Gasteiger partial charge in [0.05, 0.1) is 0 Å². The van der Waals surface area contributed by atoms with Gasteiger partial charge in [-0.15, -0.1) is 0 Å². The lowest BCUT2D eigenvalue weighted by Crippen LogP contribution is -2.43. The highest BCUT2D eigenvalue weighted by molar-refractivity contribution is 5.76. The third kappa shape index (κ3) is 6.68. The van der Waals surface area contributed by atoms with Crippen LogP contribution in [0.5, 0.6) is 0 Å². The van der Waals surface area contributed by atoms with Gasteiger partial charge in [-0.2, -0.15) is 0 Å². The van der Waals surface area contributed by atoms with Crippen molar-refractivity contribution in [1.82, 2.24) is 9.80 Å². The lowest BCUT2D eigenvalue weighted by Gasteiger charge is -2.37. The first-order valence-electron chi connectivity index (χ1n) is 9.54. The number of carbonyl (C=O) groups is 1. The summed E-state index contributed by atoms with van der Waals surface area (Å²) in [5.74, 6) is 2.58. The van der Waals surface area contributed by atoms with Gasteiger partial charge in [0.1, 0.15) is 0 Å². The van der Waals surface area contributed by atoms with Crippen LogP contribution in [-0.4, -0.2) is 48.4 Å². The Kier molecular flexibility index (Phi) is 9.08. The quantitative estimate of drug-likeness (QED) is 0.782. The topological polar surface area (TPSA) is 23.6 Å². The molecule has 2 aliphatic rings. The Morgan fingerprint density at radius 2 is 1.55 bits per heavy atom. The zero-order chi connectivity index (χ0) is 16.5. The van der Waals surface area contributed by atoms with E-state index < -0.39 is 0 Å². The maximum atomic E-state index is 12.1. The van der Waals surface area contributed by atoms with E-state index in [4.69, 9.17) is 0 Å². The number of nitrogens with zero attached hydrogens (tertiary/aromatic N) is 2. The van der Waals surface area contributed by atoms with Crippen molar-refractivity contribution >= 4 is 5.91 Å². The fraction of sp³-hybridized carbons (Fsp3) is 0.947. The third-order valence-electron chi connectivity index (χ3n) is 4.94. The van der Waals surface area contributed by atoms with Crippen LogP contribution >= 0.6 is 0 Å². The molecule has 2 aliphatic heterocycles. The molecule has 0 saturated carbocycles. The predicted octanol–water partition coefficient (Wildman–Crippen LogP) is 4.03. The van der Waals surface area contributed by atoms with Crippen LogP contribution in [0.15, 0.2) is 0 Å². The molecule has 0 aliphatic carbocycles. The molecule has 0 spiro atoms. The first kappa shape index (κ1) is 19.5. The highest BCUT2D eigenvalue weighted by Gasteiger charge is 2.25. The van der Waals surface area contributed by atoms with E-state index in [0.717, 1.165) is 24.9 Å². The van der Waals surface area contributed by atoms with E-state index in [1.165, 1.54) is 45.3 Å². The summed E-state index contributed by atoms with van der Waals surface area (Å²) in [6.07, 6.45) is 5.86. The number of hydrogen-bond acceptors (Lipinski definition) is 2. The van der Waals surface area contributed by atoms with Crippen LogP contribution in [0, 0.1) is 17.8 Å². The van der Waals surface area contributed by atoms with E-state index in [1.807, 2.05) is 13.8 Å². The van der Waals surface area contributed by atoms with E-state index in [9.17, 15) is 4.79 Å². The predicted molar refractivity (Wildman–Crippen MR) is 94.9 cm³/mol. The van der Waals surface area contributed by atoms with Gasteiger partial charge in [0.25, 0.3) is 0 Å². The Morgan fingerprint density at radius 3 is 2.05 bits per heavy atom. The van der Waals surface area contributed by atoms with Crippen molar-refractivity contribution in [3.05, 3.63) is 0 Å². The lowest BCUT2D eigenvalue weighted by atomic mass is 9.93. The van der Waals surface area contributed by atoms with Crippen molar-refractivity contribution in [2.75, 3.05) is 32.7 Å². The average molecular weight is 311 g/mol. The molecular formula is C19H38N2O. The Hall–Kier alpha value is -0.570. The molecule has 2 fully saturated rings. The van der Waals surface area contributed by atoms with Crippen molar-refractivity contribution in [1.29, 1.82) is 0 Å². The van der Waals surface area contributed by atoms with Crippen molar-refractivity contribution in [2.45, 2.75) is 66.7 Å². The van der Waals surface area contributed by atoms with E-state index in [-0.39, 0.29) is 0 Å². The van der Waals surface area contributed by atoms with Crippen LogP contribution in [0.2, 0.25) is 0 Å². The van der Waals surface area contributed by atoms with Crippen molar-refractivity contribution in [2.24, 2.45) is 17.8 Å². The van der Waals surface area contributed by atoms with Crippen LogP contribution in [0.25, 0.3) is 0 Å². The molecule has 2 saturated heterocycles. The molecule has 0 N–H and O–H groups in total. The maximum absolute atomic E-state index is 12.1. The Bertz CT molecular complexity index is 301. The Balaban J connectivity index is 0.00000116. The van der Waals surface area contributed by atoms with E-state index in [1.54, 1.807) is 0 Å². The van der Waals surface area contributed by atoms with Crippen molar-refractivity contribution in [3.8, 4) is 0 Å². The first-order valence-corrected chi connectivity index (χ1v) is 9.54. The number of piperidine rings is 2. The molecule has 0 unspecified atom stereocenters. The average Bonchev–Trinajstić information content (AvgIpc) is 2.51. The number of carbonyl (C=O) groups excluding carboxylic acids is 1. The Morgan fingerprint density at radius 1 is 1.00 bits per heavy atom. The van der Waals surface area contributed by atoms with Crippen molar-refractivity contribution in [3.63, 3.8) is 0 Å². The van der Waals surface area contributed by atoms with E-state index >= 15 is 0 Å². The molecule has 130 valence electrons. The van der Waals surface area contributed by atoms with Crippen LogP contribution in [0.4, 0.5) is 0 Å². The van der Waals surface area contributed by atoms with Gasteiger partial charge in [-0.25, -0.2) is 0 Å². The molecule has 1 amide bonds. The number of amides is 1.